The minimum atomic E-state index is 0.457. The molecule has 1 aromatic carbocycles. The van der Waals surface area contributed by atoms with Gasteiger partial charge in [-0.2, -0.15) is 16.7 Å². The molecular formula is C16H21N3OS. The first kappa shape index (κ1) is 14.6. The Bertz CT molecular complexity index is 605. The zero-order valence-electron chi connectivity index (χ0n) is 12.6. The molecular weight excluding hydrogens is 282 g/mol. The molecule has 0 amide bonds. The third kappa shape index (κ3) is 3.86. The Balaban J connectivity index is 1.62. The van der Waals surface area contributed by atoms with Crippen molar-refractivity contribution in [1.29, 1.82) is 0 Å². The van der Waals surface area contributed by atoms with Gasteiger partial charge in [-0.3, -0.25) is 0 Å². The lowest BCUT2D eigenvalue weighted by molar-refractivity contribution is 0.359. The van der Waals surface area contributed by atoms with Crippen molar-refractivity contribution < 1.29 is 4.52 Å². The summed E-state index contributed by atoms with van der Waals surface area (Å²) in [6, 6.07) is 6.94. The Hall–Kier alpha value is -1.33. The fourth-order valence-corrected chi connectivity index (χ4v) is 3.45. The number of aromatic nitrogens is 2. The van der Waals surface area contributed by atoms with Crippen molar-refractivity contribution in [2.75, 3.05) is 18.1 Å². The Labute approximate surface area is 129 Å². The van der Waals surface area contributed by atoms with Crippen LogP contribution in [0.15, 0.2) is 22.7 Å². The van der Waals surface area contributed by atoms with Crippen molar-refractivity contribution >= 4 is 11.8 Å². The average Bonchev–Trinajstić information content (AvgIpc) is 2.91. The molecule has 0 aliphatic carbocycles. The van der Waals surface area contributed by atoms with E-state index in [4.69, 9.17) is 4.52 Å². The van der Waals surface area contributed by atoms with E-state index in [0.29, 0.717) is 6.04 Å². The van der Waals surface area contributed by atoms with Crippen LogP contribution in [0.3, 0.4) is 0 Å². The summed E-state index contributed by atoms with van der Waals surface area (Å²) in [4.78, 5) is 4.52. The first-order valence-electron chi connectivity index (χ1n) is 7.39. The lowest BCUT2D eigenvalue weighted by Crippen LogP contribution is -2.38. The molecule has 0 bridgehead atoms. The lowest BCUT2D eigenvalue weighted by atomic mass is 10.0. The highest BCUT2D eigenvalue weighted by molar-refractivity contribution is 7.99. The molecule has 1 fully saturated rings. The number of rotatable bonds is 4. The summed E-state index contributed by atoms with van der Waals surface area (Å²) in [5.74, 6) is 3.83. The molecule has 1 atom stereocenters. The maximum Gasteiger partial charge on any atom is 0.228 e. The number of nitrogens with one attached hydrogen (secondary N) is 1. The Morgan fingerprint density at radius 3 is 3.00 bits per heavy atom. The van der Waals surface area contributed by atoms with E-state index in [0.717, 1.165) is 36.9 Å². The molecule has 1 unspecified atom stereocenters. The minimum absolute atomic E-state index is 0.457. The predicted octanol–water partition coefficient (Wildman–Crippen LogP) is 2.52. The zero-order chi connectivity index (χ0) is 14.7. The molecule has 1 saturated heterocycles. The van der Waals surface area contributed by atoms with Crippen LogP contribution in [0.25, 0.3) is 0 Å². The van der Waals surface area contributed by atoms with Gasteiger partial charge in [0.15, 0.2) is 5.82 Å². The highest BCUT2D eigenvalue weighted by Gasteiger charge is 2.17. The monoisotopic (exact) mass is 303 g/mol. The average molecular weight is 303 g/mol. The number of aryl methyl sites for hydroxylation is 2. The van der Waals surface area contributed by atoms with Gasteiger partial charge in [-0.15, -0.1) is 0 Å². The minimum Gasteiger partial charge on any atom is -0.339 e. The van der Waals surface area contributed by atoms with Crippen molar-refractivity contribution in [3.63, 3.8) is 0 Å². The van der Waals surface area contributed by atoms with Crippen LogP contribution in [-0.2, 0) is 12.8 Å². The molecule has 3 rings (SSSR count). The molecule has 2 aromatic rings. The molecule has 112 valence electrons. The quantitative estimate of drug-likeness (QED) is 0.940. The fraction of sp³-hybridized carbons (Fsp3) is 0.500. The smallest absolute Gasteiger partial charge is 0.228 e. The second-order valence-electron chi connectivity index (χ2n) is 5.63. The number of hydrogen-bond acceptors (Lipinski definition) is 5. The van der Waals surface area contributed by atoms with Crippen LogP contribution in [0.5, 0.6) is 0 Å². The van der Waals surface area contributed by atoms with Crippen LogP contribution in [-0.4, -0.2) is 34.2 Å². The summed E-state index contributed by atoms with van der Waals surface area (Å²) >= 11 is 1.98. The van der Waals surface area contributed by atoms with Crippen molar-refractivity contribution in [1.82, 2.24) is 15.5 Å². The van der Waals surface area contributed by atoms with Gasteiger partial charge in [0.2, 0.25) is 5.89 Å². The molecule has 21 heavy (non-hydrogen) atoms. The zero-order valence-corrected chi connectivity index (χ0v) is 13.4. The van der Waals surface area contributed by atoms with Gasteiger partial charge in [-0.25, -0.2) is 0 Å². The second-order valence-corrected chi connectivity index (χ2v) is 6.78. The molecule has 2 heterocycles. The Morgan fingerprint density at radius 2 is 2.24 bits per heavy atom. The molecule has 1 aliphatic rings. The number of benzene rings is 1. The standard InChI is InChI=1S/C16H21N3OS/c1-11-3-4-13(7-12(11)2)8-15-18-16(20-19-15)9-14-10-21-6-5-17-14/h3-4,7,14,17H,5-6,8-10H2,1-2H3. The Kier molecular flexibility index (Phi) is 4.60. The summed E-state index contributed by atoms with van der Waals surface area (Å²) in [6.07, 6.45) is 1.56. The number of thioether (sulfide) groups is 1. The third-order valence-corrected chi connectivity index (χ3v) is 4.99. The number of nitrogens with zero attached hydrogens (tertiary/aromatic N) is 2. The van der Waals surface area contributed by atoms with Gasteiger partial charge in [0, 0.05) is 36.9 Å². The molecule has 5 heteroatoms. The molecule has 0 radical (unpaired) electrons. The third-order valence-electron chi connectivity index (χ3n) is 3.86. The van der Waals surface area contributed by atoms with Gasteiger partial charge in [-0.05, 0) is 30.5 Å². The van der Waals surface area contributed by atoms with Crippen molar-refractivity contribution in [3.05, 3.63) is 46.6 Å². The molecule has 0 saturated carbocycles. The van der Waals surface area contributed by atoms with Crippen LogP contribution < -0.4 is 5.32 Å². The predicted molar refractivity (Wildman–Crippen MR) is 85.8 cm³/mol. The van der Waals surface area contributed by atoms with Gasteiger partial charge in [0.05, 0.1) is 0 Å². The van der Waals surface area contributed by atoms with E-state index in [9.17, 15) is 0 Å². The Morgan fingerprint density at radius 1 is 1.33 bits per heavy atom. The number of hydrogen-bond donors (Lipinski definition) is 1. The van der Waals surface area contributed by atoms with E-state index in [1.807, 2.05) is 11.8 Å². The maximum atomic E-state index is 5.38. The summed E-state index contributed by atoms with van der Waals surface area (Å²) in [6.45, 7) is 5.33. The fourth-order valence-electron chi connectivity index (χ4n) is 2.50. The SMILES string of the molecule is Cc1ccc(Cc2noc(CC3CSCCN3)n2)cc1C. The van der Waals surface area contributed by atoms with Crippen LogP contribution in [0.4, 0.5) is 0 Å². The van der Waals surface area contributed by atoms with Crippen LogP contribution in [0.2, 0.25) is 0 Å². The largest absolute Gasteiger partial charge is 0.339 e. The van der Waals surface area contributed by atoms with Crippen molar-refractivity contribution in [3.8, 4) is 0 Å². The van der Waals surface area contributed by atoms with Crippen LogP contribution in [0.1, 0.15) is 28.4 Å². The van der Waals surface area contributed by atoms with E-state index in [1.54, 1.807) is 0 Å². The van der Waals surface area contributed by atoms with E-state index >= 15 is 0 Å². The lowest BCUT2D eigenvalue weighted by Gasteiger charge is -2.21. The van der Waals surface area contributed by atoms with E-state index in [1.165, 1.54) is 22.4 Å². The van der Waals surface area contributed by atoms with E-state index < -0.39 is 0 Å². The van der Waals surface area contributed by atoms with Gasteiger partial charge >= 0.3 is 0 Å². The first-order chi connectivity index (χ1) is 10.2. The van der Waals surface area contributed by atoms with Gasteiger partial charge in [0.1, 0.15) is 0 Å². The first-order valence-corrected chi connectivity index (χ1v) is 8.55. The van der Waals surface area contributed by atoms with Crippen LogP contribution in [0, 0.1) is 13.8 Å². The summed E-state index contributed by atoms with van der Waals surface area (Å²) in [5.41, 5.74) is 3.85. The molecule has 1 aromatic heterocycles. The highest BCUT2D eigenvalue weighted by Crippen LogP contribution is 2.15. The summed E-state index contributed by atoms with van der Waals surface area (Å²) < 4.78 is 5.38. The molecule has 4 nitrogen and oxygen atoms in total. The maximum absolute atomic E-state index is 5.38. The highest BCUT2D eigenvalue weighted by atomic mass is 32.2. The topological polar surface area (TPSA) is 51.0 Å². The van der Waals surface area contributed by atoms with E-state index in [2.05, 4.69) is 47.5 Å². The summed E-state index contributed by atoms with van der Waals surface area (Å²) in [7, 11) is 0. The molecule has 1 N–H and O–H groups in total. The molecule has 1 aliphatic heterocycles. The van der Waals surface area contributed by atoms with Crippen molar-refractivity contribution in [2.45, 2.75) is 32.7 Å². The second kappa shape index (κ2) is 6.62. The van der Waals surface area contributed by atoms with E-state index in [-0.39, 0.29) is 0 Å². The van der Waals surface area contributed by atoms with Gasteiger partial charge in [-0.1, -0.05) is 23.4 Å². The van der Waals surface area contributed by atoms with Gasteiger partial charge < -0.3 is 9.84 Å². The molecule has 0 spiro atoms. The summed E-state index contributed by atoms with van der Waals surface area (Å²) in [5, 5.41) is 7.60. The normalized spacial score (nSPS) is 18.9. The van der Waals surface area contributed by atoms with Crippen molar-refractivity contribution in [2.24, 2.45) is 0 Å². The van der Waals surface area contributed by atoms with Gasteiger partial charge in [0.25, 0.3) is 0 Å². The van der Waals surface area contributed by atoms with Crippen LogP contribution >= 0.6 is 11.8 Å².